The third-order valence-corrected chi connectivity index (χ3v) is 3.39. The van der Waals surface area contributed by atoms with E-state index in [1.54, 1.807) is 0 Å². The number of aryl methyl sites for hydroxylation is 3. The van der Waals surface area contributed by atoms with Gasteiger partial charge in [-0.25, -0.2) is 4.98 Å². The van der Waals surface area contributed by atoms with Crippen molar-refractivity contribution in [1.29, 1.82) is 0 Å². The molecule has 0 aliphatic heterocycles. The number of hydrogen-bond acceptors (Lipinski definition) is 2. The van der Waals surface area contributed by atoms with Gasteiger partial charge < -0.3 is 0 Å². The van der Waals surface area contributed by atoms with E-state index >= 15 is 0 Å². The molecule has 2 rings (SSSR count). The zero-order valence-corrected chi connectivity index (χ0v) is 11.8. The largest absolute Gasteiger partial charge is 0.225 e. The molecular weight excluding hydrogens is 261 g/mol. The summed E-state index contributed by atoms with van der Waals surface area (Å²) in [5.41, 5.74) is 6.00. The first-order chi connectivity index (χ1) is 7.08. The molecule has 16 heavy (non-hydrogen) atoms. The van der Waals surface area contributed by atoms with Crippen molar-refractivity contribution < 1.29 is 0 Å². The Balaban J connectivity index is 0.00000128. The molecule has 0 spiro atoms. The summed E-state index contributed by atoms with van der Waals surface area (Å²) in [6, 6.07) is 4.35. The van der Waals surface area contributed by atoms with Crippen LogP contribution in [0.1, 0.15) is 16.7 Å². The van der Waals surface area contributed by atoms with Crippen LogP contribution in [0.3, 0.4) is 0 Å². The molecule has 0 saturated heterocycles. The summed E-state index contributed by atoms with van der Waals surface area (Å²) in [6.07, 6.45) is 0. The normalized spacial score (nSPS) is 10.0. The highest BCUT2D eigenvalue weighted by Crippen LogP contribution is 2.30. The molecule has 4 heteroatoms. The number of thiazole rings is 1. The van der Waals surface area contributed by atoms with Gasteiger partial charge in [-0.1, -0.05) is 29.3 Å². The van der Waals surface area contributed by atoms with E-state index in [-0.39, 0.29) is 12.4 Å². The van der Waals surface area contributed by atoms with E-state index in [1.807, 2.05) is 5.38 Å². The molecule has 0 saturated carbocycles. The number of benzene rings is 1. The summed E-state index contributed by atoms with van der Waals surface area (Å²) in [5, 5.41) is 2.01. The number of rotatable bonds is 1. The highest BCUT2D eigenvalue weighted by Gasteiger charge is 2.09. The first kappa shape index (κ1) is 13.5. The lowest BCUT2D eigenvalue weighted by Crippen LogP contribution is -1.89. The Morgan fingerprint density at radius 1 is 1.12 bits per heavy atom. The summed E-state index contributed by atoms with van der Waals surface area (Å²) < 4.78 is 0.601. The van der Waals surface area contributed by atoms with Crippen molar-refractivity contribution in [2.45, 2.75) is 20.8 Å². The molecule has 1 aromatic carbocycles. The molecule has 0 amide bonds. The van der Waals surface area contributed by atoms with Gasteiger partial charge >= 0.3 is 0 Å². The zero-order chi connectivity index (χ0) is 11.0. The van der Waals surface area contributed by atoms with Crippen LogP contribution in [0.5, 0.6) is 0 Å². The second-order valence-electron chi connectivity index (χ2n) is 3.76. The minimum absolute atomic E-state index is 0. The average Bonchev–Trinajstić information content (AvgIpc) is 2.49. The molecule has 1 aromatic heterocycles. The van der Waals surface area contributed by atoms with Crippen LogP contribution in [-0.2, 0) is 0 Å². The molecule has 0 fully saturated rings. The molecule has 86 valence electrons. The Kier molecular flexibility index (Phi) is 4.36. The van der Waals surface area contributed by atoms with E-state index in [9.17, 15) is 0 Å². The minimum Gasteiger partial charge on any atom is -0.225 e. The van der Waals surface area contributed by atoms with Gasteiger partial charge in [-0.15, -0.1) is 23.7 Å². The summed E-state index contributed by atoms with van der Waals surface area (Å²) in [5.74, 6) is 0. The van der Waals surface area contributed by atoms with E-state index < -0.39 is 0 Å². The van der Waals surface area contributed by atoms with E-state index in [4.69, 9.17) is 11.6 Å². The molecule has 0 aliphatic rings. The SMILES string of the molecule is Cc1cc(C)c(-c2csc(Cl)n2)c(C)c1.Cl. The van der Waals surface area contributed by atoms with Gasteiger partial charge in [-0.2, -0.15) is 0 Å². The van der Waals surface area contributed by atoms with Crippen LogP contribution in [0.25, 0.3) is 11.3 Å². The molecule has 1 heterocycles. The maximum Gasteiger partial charge on any atom is 0.184 e. The van der Waals surface area contributed by atoms with Gasteiger partial charge in [-0.05, 0) is 31.9 Å². The van der Waals surface area contributed by atoms with Crippen LogP contribution in [0.2, 0.25) is 4.47 Å². The third-order valence-electron chi connectivity index (χ3n) is 2.41. The first-order valence-electron chi connectivity index (χ1n) is 4.77. The standard InChI is InChI=1S/C12H12ClNS.ClH/c1-7-4-8(2)11(9(3)5-7)10-6-15-12(13)14-10;/h4-6H,1-3H3;1H. The second-order valence-corrected chi connectivity index (χ2v) is 5.20. The lowest BCUT2D eigenvalue weighted by atomic mass is 9.98. The van der Waals surface area contributed by atoms with Crippen LogP contribution in [0, 0.1) is 20.8 Å². The van der Waals surface area contributed by atoms with Crippen molar-refractivity contribution in [3.8, 4) is 11.3 Å². The number of aromatic nitrogens is 1. The lowest BCUT2D eigenvalue weighted by Gasteiger charge is -2.08. The second kappa shape index (κ2) is 5.17. The van der Waals surface area contributed by atoms with Crippen molar-refractivity contribution in [2.24, 2.45) is 0 Å². The predicted octanol–water partition coefficient (Wildman–Crippen LogP) is 4.81. The van der Waals surface area contributed by atoms with Crippen molar-refractivity contribution in [3.63, 3.8) is 0 Å². The van der Waals surface area contributed by atoms with E-state index in [0.29, 0.717) is 4.47 Å². The Morgan fingerprint density at radius 3 is 2.12 bits per heavy atom. The van der Waals surface area contributed by atoms with E-state index in [2.05, 4.69) is 37.9 Å². The maximum atomic E-state index is 5.85. The summed E-state index contributed by atoms with van der Waals surface area (Å²) >= 11 is 7.33. The van der Waals surface area contributed by atoms with Gasteiger partial charge in [0.25, 0.3) is 0 Å². The molecule has 0 radical (unpaired) electrons. The lowest BCUT2D eigenvalue weighted by molar-refractivity contribution is 1.29. The molecule has 0 aliphatic carbocycles. The number of nitrogens with zero attached hydrogens (tertiary/aromatic N) is 1. The van der Waals surface area contributed by atoms with E-state index in [0.717, 1.165) is 5.69 Å². The fourth-order valence-electron chi connectivity index (χ4n) is 1.95. The fraction of sp³-hybridized carbons (Fsp3) is 0.250. The maximum absolute atomic E-state index is 5.85. The van der Waals surface area contributed by atoms with E-state index in [1.165, 1.54) is 33.6 Å². The molecule has 0 unspecified atom stereocenters. The van der Waals surface area contributed by atoms with Crippen molar-refractivity contribution in [2.75, 3.05) is 0 Å². The van der Waals surface area contributed by atoms with Gasteiger partial charge in [0, 0.05) is 10.9 Å². The summed E-state index contributed by atoms with van der Waals surface area (Å²) in [7, 11) is 0. The minimum atomic E-state index is 0. The monoisotopic (exact) mass is 273 g/mol. The van der Waals surface area contributed by atoms with Crippen LogP contribution >= 0.6 is 35.3 Å². The van der Waals surface area contributed by atoms with Crippen molar-refractivity contribution in [1.82, 2.24) is 4.98 Å². The number of hydrogen-bond donors (Lipinski definition) is 0. The third kappa shape index (κ3) is 2.57. The average molecular weight is 274 g/mol. The van der Waals surface area contributed by atoms with Crippen LogP contribution < -0.4 is 0 Å². The van der Waals surface area contributed by atoms with Gasteiger partial charge in [0.1, 0.15) is 0 Å². The highest BCUT2D eigenvalue weighted by molar-refractivity contribution is 7.14. The Bertz CT molecular complexity index is 482. The quantitative estimate of drug-likeness (QED) is 0.727. The Hall–Kier alpha value is -0.570. The molecular formula is C12H13Cl2NS. The predicted molar refractivity (Wildman–Crippen MR) is 74.0 cm³/mol. The van der Waals surface area contributed by atoms with Gasteiger partial charge in [-0.3, -0.25) is 0 Å². The number of halogens is 2. The Labute approximate surface area is 111 Å². The molecule has 0 atom stereocenters. The molecule has 0 N–H and O–H groups in total. The molecule has 0 bridgehead atoms. The Morgan fingerprint density at radius 2 is 1.69 bits per heavy atom. The van der Waals surface area contributed by atoms with Crippen LogP contribution in [-0.4, -0.2) is 4.98 Å². The topological polar surface area (TPSA) is 12.9 Å². The first-order valence-corrected chi connectivity index (χ1v) is 6.03. The van der Waals surface area contributed by atoms with Crippen molar-refractivity contribution in [3.05, 3.63) is 38.7 Å². The van der Waals surface area contributed by atoms with Gasteiger partial charge in [0.2, 0.25) is 0 Å². The summed E-state index contributed by atoms with van der Waals surface area (Å²) in [6.45, 7) is 6.34. The summed E-state index contributed by atoms with van der Waals surface area (Å²) in [4.78, 5) is 4.32. The van der Waals surface area contributed by atoms with Gasteiger partial charge in [0.15, 0.2) is 4.47 Å². The molecule has 2 aromatic rings. The zero-order valence-electron chi connectivity index (χ0n) is 9.37. The van der Waals surface area contributed by atoms with Gasteiger partial charge in [0.05, 0.1) is 5.69 Å². The molecule has 1 nitrogen and oxygen atoms in total. The van der Waals surface area contributed by atoms with Crippen molar-refractivity contribution >= 4 is 35.3 Å². The van der Waals surface area contributed by atoms with Crippen LogP contribution in [0.4, 0.5) is 0 Å². The fourth-order valence-corrected chi connectivity index (χ4v) is 2.71. The highest BCUT2D eigenvalue weighted by atomic mass is 35.5. The smallest absolute Gasteiger partial charge is 0.184 e. The van der Waals surface area contributed by atoms with Crippen LogP contribution in [0.15, 0.2) is 17.5 Å².